The maximum atomic E-state index is 13.6. The number of benzene rings is 2. The van der Waals surface area contributed by atoms with Crippen LogP contribution in [-0.2, 0) is 17.5 Å². The van der Waals surface area contributed by atoms with E-state index < -0.39 is 11.7 Å². The smallest absolute Gasteiger partial charge is 0.368 e. The Morgan fingerprint density at radius 3 is 2.40 bits per heavy atom. The highest BCUT2D eigenvalue weighted by molar-refractivity contribution is 5.81. The van der Waals surface area contributed by atoms with Gasteiger partial charge in [0.25, 0.3) is 0 Å². The number of fused-ring (bicyclic) bond motifs is 1. The Morgan fingerprint density at radius 2 is 1.62 bits per heavy atom. The molecular weight excluding hydrogens is 515 g/mol. The number of carbonyl (C=O) groups excluding carboxylic acids is 1. The second-order valence-electron chi connectivity index (χ2n) is 11.7. The van der Waals surface area contributed by atoms with E-state index in [-0.39, 0.29) is 11.8 Å². The van der Waals surface area contributed by atoms with Gasteiger partial charge >= 0.3 is 6.18 Å². The molecule has 1 aliphatic carbocycles. The molecule has 0 bridgehead atoms. The third-order valence-electron chi connectivity index (χ3n) is 8.98. The molecule has 1 saturated carbocycles. The Balaban J connectivity index is 1.13. The first kappa shape index (κ1) is 27.0. The molecule has 0 spiro atoms. The lowest BCUT2D eigenvalue weighted by Gasteiger charge is -2.40. The molecule has 2 saturated heterocycles. The Hall–Kier alpha value is -3.23. The van der Waals surface area contributed by atoms with Gasteiger partial charge in [-0.1, -0.05) is 37.5 Å². The van der Waals surface area contributed by atoms with Crippen molar-refractivity contribution in [1.82, 2.24) is 14.5 Å². The minimum absolute atomic E-state index is 0.100. The molecule has 6 rings (SSSR count). The van der Waals surface area contributed by atoms with Crippen molar-refractivity contribution in [3.63, 3.8) is 0 Å². The highest BCUT2D eigenvalue weighted by Gasteiger charge is 2.34. The van der Waals surface area contributed by atoms with Gasteiger partial charge in [-0.3, -0.25) is 4.79 Å². The quantitative estimate of drug-likeness (QED) is 0.378. The number of alkyl halides is 3. The molecule has 0 radical (unpaired) electrons. The van der Waals surface area contributed by atoms with Gasteiger partial charge in [0, 0.05) is 51.5 Å². The van der Waals surface area contributed by atoms with Crippen LogP contribution in [0.3, 0.4) is 0 Å². The normalized spacial score (nSPS) is 21.3. The fourth-order valence-corrected chi connectivity index (χ4v) is 6.79. The van der Waals surface area contributed by atoms with Gasteiger partial charge in [0.05, 0.1) is 22.5 Å². The van der Waals surface area contributed by atoms with Gasteiger partial charge in [-0.2, -0.15) is 13.2 Å². The van der Waals surface area contributed by atoms with Crippen LogP contribution in [0.5, 0.6) is 0 Å². The van der Waals surface area contributed by atoms with Crippen LogP contribution in [0.15, 0.2) is 48.5 Å². The van der Waals surface area contributed by atoms with Gasteiger partial charge in [0.15, 0.2) is 0 Å². The van der Waals surface area contributed by atoms with Crippen molar-refractivity contribution in [3.8, 4) is 0 Å². The van der Waals surface area contributed by atoms with E-state index in [2.05, 4.69) is 27.7 Å². The van der Waals surface area contributed by atoms with Crippen LogP contribution in [0.25, 0.3) is 11.0 Å². The van der Waals surface area contributed by atoms with Crippen molar-refractivity contribution in [2.75, 3.05) is 49.1 Å². The van der Waals surface area contributed by atoms with Gasteiger partial charge in [0.2, 0.25) is 11.9 Å². The SMILES string of the molecule is O=C(C1CCCN(c2nc3ccccc3n2CC2CCCCC2)C1)N1CCN(c2cccc(C(F)(F)F)c2)CC1. The minimum atomic E-state index is -4.36. The molecular formula is C31H38F3N5O. The number of piperidine rings is 1. The third-order valence-corrected chi connectivity index (χ3v) is 8.98. The summed E-state index contributed by atoms with van der Waals surface area (Å²) in [5.41, 5.74) is 2.10. The highest BCUT2D eigenvalue weighted by Crippen LogP contribution is 2.34. The molecule has 3 fully saturated rings. The maximum Gasteiger partial charge on any atom is 0.416 e. The number of para-hydroxylation sites is 2. The zero-order chi connectivity index (χ0) is 27.7. The number of carbonyl (C=O) groups is 1. The van der Waals surface area contributed by atoms with Gasteiger partial charge < -0.3 is 19.3 Å². The van der Waals surface area contributed by atoms with Crippen LogP contribution in [0, 0.1) is 11.8 Å². The van der Waals surface area contributed by atoms with Gasteiger partial charge in [-0.15, -0.1) is 0 Å². The molecule has 1 amide bonds. The number of nitrogens with zero attached hydrogens (tertiary/aromatic N) is 5. The number of anilines is 2. The molecule has 3 aromatic rings. The van der Waals surface area contributed by atoms with Crippen molar-refractivity contribution in [1.29, 1.82) is 0 Å². The zero-order valence-corrected chi connectivity index (χ0v) is 23.0. The fraction of sp³-hybridized carbons (Fsp3) is 0.548. The van der Waals surface area contributed by atoms with E-state index in [4.69, 9.17) is 4.98 Å². The fourth-order valence-electron chi connectivity index (χ4n) is 6.79. The molecule has 3 heterocycles. The molecule has 40 heavy (non-hydrogen) atoms. The predicted octanol–water partition coefficient (Wildman–Crippen LogP) is 6.20. The van der Waals surface area contributed by atoms with Crippen LogP contribution >= 0.6 is 0 Å². The van der Waals surface area contributed by atoms with Crippen molar-refractivity contribution in [2.45, 2.75) is 57.7 Å². The van der Waals surface area contributed by atoms with Crippen molar-refractivity contribution >= 4 is 28.6 Å². The maximum absolute atomic E-state index is 13.6. The van der Waals surface area contributed by atoms with Crippen molar-refractivity contribution in [2.24, 2.45) is 11.8 Å². The number of halogens is 3. The lowest BCUT2D eigenvalue weighted by molar-refractivity contribution is -0.137. The summed E-state index contributed by atoms with van der Waals surface area (Å²) in [5.74, 6) is 1.71. The molecule has 214 valence electrons. The van der Waals surface area contributed by atoms with E-state index in [0.717, 1.165) is 43.5 Å². The van der Waals surface area contributed by atoms with E-state index in [1.165, 1.54) is 49.8 Å². The molecule has 3 aliphatic rings. The van der Waals surface area contributed by atoms with Crippen LogP contribution in [0.2, 0.25) is 0 Å². The summed E-state index contributed by atoms with van der Waals surface area (Å²) >= 11 is 0. The summed E-state index contributed by atoms with van der Waals surface area (Å²) < 4.78 is 41.9. The lowest BCUT2D eigenvalue weighted by atomic mass is 9.89. The van der Waals surface area contributed by atoms with E-state index in [1.54, 1.807) is 6.07 Å². The molecule has 6 nitrogen and oxygen atoms in total. The first-order valence-electron chi connectivity index (χ1n) is 14.8. The Morgan fingerprint density at radius 1 is 0.850 bits per heavy atom. The van der Waals surface area contributed by atoms with Crippen LogP contribution in [0.4, 0.5) is 24.8 Å². The minimum Gasteiger partial charge on any atom is -0.368 e. The molecule has 1 atom stereocenters. The van der Waals surface area contributed by atoms with Gasteiger partial charge in [-0.25, -0.2) is 4.98 Å². The van der Waals surface area contributed by atoms with Crippen LogP contribution < -0.4 is 9.80 Å². The molecule has 2 aromatic carbocycles. The third kappa shape index (κ3) is 5.65. The second-order valence-corrected chi connectivity index (χ2v) is 11.7. The average molecular weight is 554 g/mol. The van der Waals surface area contributed by atoms with Crippen molar-refractivity contribution < 1.29 is 18.0 Å². The molecule has 1 aromatic heterocycles. The molecule has 9 heteroatoms. The first-order chi connectivity index (χ1) is 19.4. The molecule has 0 N–H and O–H groups in total. The van der Waals surface area contributed by atoms with E-state index >= 15 is 0 Å². The average Bonchev–Trinajstić information content (AvgIpc) is 3.35. The number of hydrogen-bond donors (Lipinski definition) is 0. The molecule has 1 unspecified atom stereocenters. The summed E-state index contributed by atoms with van der Waals surface area (Å²) in [5, 5.41) is 0. The van der Waals surface area contributed by atoms with Gasteiger partial charge in [-0.05, 0) is 61.9 Å². The number of aromatic nitrogens is 2. The van der Waals surface area contributed by atoms with Gasteiger partial charge in [0.1, 0.15) is 0 Å². The number of imidazole rings is 1. The number of piperazine rings is 1. The van der Waals surface area contributed by atoms with E-state index in [1.807, 2.05) is 15.9 Å². The largest absolute Gasteiger partial charge is 0.416 e. The summed E-state index contributed by atoms with van der Waals surface area (Å²) in [6, 6.07) is 13.8. The Bertz CT molecular complexity index is 1320. The first-order valence-corrected chi connectivity index (χ1v) is 14.8. The Labute approximate surface area is 233 Å². The van der Waals surface area contributed by atoms with E-state index in [0.29, 0.717) is 44.3 Å². The second kappa shape index (κ2) is 11.3. The summed E-state index contributed by atoms with van der Waals surface area (Å²) in [6.45, 7) is 4.61. The number of amides is 1. The monoisotopic (exact) mass is 553 g/mol. The van der Waals surface area contributed by atoms with Crippen LogP contribution in [0.1, 0.15) is 50.5 Å². The lowest BCUT2D eigenvalue weighted by Crippen LogP contribution is -2.52. The standard InChI is InChI=1S/C31H38F3N5O/c32-31(33,34)25-11-6-12-26(20-25)36-16-18-37(19-17-36)29(40)24-10-7-15-38(22-24)30-35-27-13-4-5-14-28(27)39(30)21-23-8-2-1-3-9-23/h4-6,11-14,20,23-24H,1-3,7-10,15-19,21-22H2. The van der Waals surface area contributed by atoms with E-state index in [9.17, 15) is 18.0 Å². The summed E-state index contributed by atoms with van der Waals surface area (Å²) in [6.07, 6.45) is 3.88. The zero-order valence-electron chi connectivity index (χ0n) is 23.0. The molecule has 2 aliphatic heterocycles. The topological polar surface area (TPSA) is 44.6 Å². The highest BCUT2D eigenvalue weighted by atomic mass is 19.4. The predicted molar refractivity (Wildman–Crippen MR) is 151 cm³/mol. The summed E-state index contributed by atoms with van der Waals surface area (Å²) in [7, 11) is 0. The number of hydrogen-bond acceptors (Lipinski definition) is 4. The Kier molecular flexibility index (Phi) is 7.64. The van der Waals surface area contributed by atoms with Crippen molar-refractivity contribution in [3.05, 3.63) is 54.1 Å². The summed E-state index contributed by atoms with van der Waals surface area (Å²) in [4.78, 5) is 24.9. The number of rotatable bonds is 5. The van der Waals surface area contributed by atoms with Crippen LogP contribution in [-0.4, -0.2) is 59.6 Å².